The Balaban J connectivity index is 1.55. The van der Waals surface area contributed by atoms with Crippen molar-refractivity contribution in [3.8, 4) is 28.7 Å². The molecule has 0 aliphatic carbocycles. The van der Waals surface area contributed by atoms with Crippen molar-refractivity contribution in [3.05, 3.63) is 66.1 Å². The maximum absolute atomic E-state index is 13.3. The van der Waals surface area contributed by atoms with Crippen molar-refractivity contribution in [2.24, 2.45) is 0 Å². The molecule has 0 N–H and O–H groups in total. The second-order valence-electron chi connectivity index (χ2n) is 5.59. The van der Waals surface area contributed by atoms with Gasteiger partial charge in [0.1, 0.15) is 11.6 Å². The molecule has 4 aromatic rings. The Hall–Kier alpha value is -3.55. The van der Waals surface area contributed by atoms with Crippen LogP contribution in [0.3, 0.4) is 0 Å². The van der Waals surface area contributed by atoms with Gasteiger partial charge in [0.25, 0.3) is 5.89 Å². The SMILES string of the molecule is COc1cccc(-c2nc(-c3cn(Cc4cccc(F)c4)nn3)no2)c1. The topological polar surface area (TPSA) is 78.9 Å². The van der Waals surface area contributed by atoms with Crippen LogP contribution in [0.15, 0.2) is 59.3 Å². The molecule has 7 nitrogen and oxygen atoms in total. The standard InChI is InChI=1S/C18H14FN5O2/c1-25-15-7-3-5-13(9-15)18-20-17(22-26-18)16-11-24(23-21-16)10-12-4-2-6-14(19)8-12/h2-9,11H,10H2,1H3. The van der Waals surface area contributed by atoms with Crippen molar-refractivity contribution in [2.45, 2.75) is 6.54 Å². The minimum absolute atomic E-state index is 0.288. The Morgan fingerprint density at radius 1 is 1.15 bits per heavy atom. The molecule has 2 heterocycles. The molecule has 0 fully saturated rings. The molecular formula is C18H14FN5O2. The number of rotatable bonds is 5. The Bertz CT molecular complexity index is 1040. The van der Waals surface area contributed by atoms with Crippen molar-refractivity contribution in [3.63, 3.8) is 0 Å². The van der Waals surface area contributed by atoms with Gasteiger partial charge in [-0.1, -0.05) is 28.6 Å². The van der Waals surface area contributed by atoms with E-state index in [1.165, 1.54) is 12.1 Å². The number of hydrogen-bond donors (Lipinski definition) is 0. The molecule has 0 bridgehead atoms. The number of ether oxygens (including phenoxy) is 1. The van der Waals surface area contributed by atoms with E-state index in [1.807, 2.05) is 24.3 Å². The van der Waals surface area contributed by atoms with Gasteiger partial charge >= 0.3 is 0 Å². The molecule has 8 heteroatoms. The lowest BCUT2D eigenvalue weighted by atomic mass is 10.2. The molecule has 0 spiro atoms. The lowest BCUT2D eigenvalue weighted by Crippen LogP contribution is -2.00. The van der Waals surface area contributed by atoms with Crippen LogP contribution < -0.4 is 4.74 Å². The number of aromatic nitrogens is 5. The predicted molar refractivity (Wildman–Crippen MR) is 90.8 cm³/mol. The van der Waals surface area contributed by atoms with Crippen LogP contribution in [0.5, 0.6) is 5.75 Å². The maximum atomic E-state index is 13.3. The van der Waals surface area contributed by atoms with Crippen LogP contribution in [-0.2, 0) is 6.54 Å². The van der Waals surface area contributed by atoms with Gasteiger partial charge in [0, 0.05) is 5.56 Å². The van der Waals surface area contributed by atoms with Crippen LogP contribution in [0.25, 0.3) is 23.0 Å². The van der Waals surface area contributed by atoms with Crippen LogP contribution >= 0.6 is 0 Å². The minimum atomic E-state index is -0.288. The third-order valence-electron chi connectivity index (χ3n) is 3.74. The summed E-state index contributed by atoms with van der Waals surface area (Å²) in [5.74, 6) is 1.10. The van der Waals surface area contributed by atoms with E-state index in [1.54, 1.807) is 30.1 Å². The number of benzene rings is 2. The van der Waals surface area contributed by atoms with E-state index in [9.17, 15) is 4.39 Å². The lowest BCUT2D eigenvalue weighted by molar-refractivity contribution is 0.413. The first-order valence-electron chi connectivity index (χ1n) is 7.84. The van der Waals surface area contributed by atoms with Crippen LogP contribution in [0, 0.1) is 5.82 Å². The summed E-state index contributed by atoms with van der Waals surface area (Å²) in [7, 11) is 1.59. The fraction of sp³-hybridized carbons (Fsp3) is 0.111. The zero-order valence-corrected chi connectivity index (χ0v) is 13.8. The Morgan fingerprint density at radius 3 is 2.88 bits per heavy atom. The summed E-state index contributed by atoms with van der Waals surface area (Å²) < 4.78 is 25.4. The molecule has 2 aromatic heterocycles. The van der Waals surface area contributed by atoms with Crippen molar-refractivity contribution in [2.75, 3.05) is 7.11 Å². The van der Waals surface area contributed by atoms with Crippen molar-refractivity contribution in [1.29, 1.82) is 0 Å². The molecule has 0 aliphatic rings. The smallest absolute Gasteiger partial charge is 0.258 e. The van der Waals surface area contributed by atoms with Crippen molar-refractivity contribution in [1.82, 2.24) is 25.1 Å². The van der Waals surface area contributed by atoms with Gasteiger partial charge in [-0.15, -0.1) is 5.10 Å². The van der Waals surface area contributed by atoms with Gasteiger partial charge in [-0.3, -0.25) is 0 Å². The quantitative estimate of drug-likeness (QED) is 0.549. The van der Waals surface area contributed by atoms with Gasteiger partial charge in [0.2, 0.25) is 5.82 Å². The highest BCUT2D eigenvalue weighted by molar-refractivity contribution is 5.58. The lowest BCUT2D eigenvalue weighted by Gasteiger charge is -2.00. The third-order valence-corrected chi connectivity index (χ3v) is 3.74. The van der Waals surface area contributed by atoms with E-state index in [2.05, 4.69) is 20.5 Å². The molecule has 0 atom stereocenters. The largest absolute Gasteiger partial charge is 0.497 e. The average molecular weight is 351 g/mol. The highest BCUT2D eigenvalue weighted by atomic mass is 19.1. The summed E-state index contributed by atoms with van der Waals surface area (Å²) in [6.45, 7) is 0.394. The first-order chi connectivity index (χ1) is 12.7. The summed E-state index contributed by atoms with van der Waals surface area (Å²) in [6.07, 6.45) is 1.69. The van der Waals surface area contributed by atoms with Crippen molar-refractivity contribution >= 4 is 0 Å². The zero-order chi connectivity index (χ0) is 17.9. The van der Waals surface area contributed by atoms with Crippen molar-refractivity contribution < 1.29 is 13.7 Å². The number of methoxy groups -OCH3 is 1. The third kappa shape index (κ3) is 3.30. The van der Waals surface area contributed by atoms with Gasteiger partial charge in [0.05, 0.1) is 19.9 Å². The molecule has 4 rings (SSSR count). The first-order valence-corrected chi connectivity index (χ1v) is 7.84. The monoisotopic (exact) mass is 351 g/mol. The van der Waals surface area contributed by atoms with Crippen LogP contribution in [0.1, 0.15) is 5.56 Å². The molecule has 0 amide bonds. The molecule has 0 aliphatic heterocycles. The molecule has 0 unspecified atom stereocenters. The molecule has 0 saturated heterocycles. The summed E-state index contributed by atoms with van der Waals surface area (Å²) in [5.41, 5.74) is 2.00. The Labute approximate surface area is 148 Å². The highest BCUT2D eigenvalue weighted by Gasteiger charge is 2.14. The molecule has 130 valence electrons. The number of nitrogens with zero attached hydrogens (tertiary/aromatic N) is 5. The van der Waals surface area contributed by atoms with Gasteiger partial charge < -0.3 is 9.26 Å². The highest BCUT2D eigenvalue weighted by Crippen LogP contribution is 2.24. The minimum Gasteiger partial charge on any atom is -0.497 e. The van der Waals surface area contributed by atoms with E-state index in [-0.39, 0.29) is 5.82 Å². The zero-order valence-electron chi connectivity index (χ0n) is 13.8. The van der Waals surface area contributed by atoms with E-state index in [0.29, 0.717) is 29.7 Å². The van der Waals surface area contributed by atoms with Crippen LogP contribution in [-0.4, -0.2) is 32.2 Å². The fourth-order valence-electron chi connectivity index (χ4n) is 2.50. The van der Waals surface area contributed by atoms with Gasteiger partial charge in [-0.2, -0.15) is 4.98 Å². The number of halogens is 1. The summed E-state index contributed by atoms with van der Waals surface area (Å²) >= 11 is 0. The van der Waals surface area contributed by atoms with Gasteiger partial charge in [0.15, 0.2) is 5.69 Å². The first kappa shape index (κ1) is 15.9. The van der Waals surface area contributed by atoms with Gasteiger partial charge in [-0.25, -0.2) is 9.07 Å². The second-order valence-corrected chi connectivity index (χ2v) is 5.59. The second kappa shape index (κ2) is 6.75. The predicted octanol–water partition coefficient (Wildman–Crippen LogP) is 3.19. The van der Waals surface area contributed by atoms with Crippen LogP contribution in [0.2, 0.25) is 0 Å². The molecule has 2 aromatic carbocycles. The van der Waals surface area contributed by atoms with E-state index < -0.39 is 0 Å². The average Bonchev–Trinajstić information content (AvgIpc) is 3.31. The Kier molecular flexibility index (Phi) is 4.14. The summed E-state index contributed by atoms with van der Waals surface area (Å²) in [5, 5.41) is 12.0. The summed E-state index contributed by atoms with van der Waals surface area (Å²) in [6, 6.07) is 13.7. The fourth-order valence-corrected chi connectivity index (χ4v) is 2.50. The molecular weight excluding hydrogens is 337 g/mol. The van der Waals surface area contributed by atoms with E-state index in [4.69, 9.17) is 9.26 Å². The molecule has 0 saturated carbocycles. The Morgan fingerprint density at radius 2 is 2.04 bits per heavy atom. The molecule has 0 radical (unpaired) electrons. The van der Waals surface area contributed by atoms with E-state index in [0.717, 1.165) is 11.1 Å². The normalized spacial score (nSPS) is 10.8. The number of hydrogen-bond acceptors (Lipinski definition) is 6. The van der Waals surface area contributed by atoms with Crippen LogP contribution in [0.4, 0.5) is 4.39 Å². The summed E-state index contributed by atoms with van der Waals surface area (Å²) in [4.78, 5) is 4.35. The maximum Gasteiger partial charge on any atom is 0.258 e. The van der Waals surface area contributed by atoms with E-state index >= 15 is 0 Å². The van der Waals surface area contributed by atoms with Gasteiger partial charge in [-0.05, 0) is 35.9 Å². The molecule has 26 heavy (non-hydrogen) atoms.